The SMILES string of the molecule is COc1ccc(CNC(=O)c2csc(CCN)n2)c(OC)c1OC. The van der Waals surface area contributed by atoms with Gasteiger partial charge in [-0.3, -0.25) is 4.79 Å². The molecular weight excluding hydrogens is 330 g/mol. The normalized spacial score (nSPS) is 10.3. The maximum Gasteiger partial charge on any atom is 0.271 e. The van der Waals surface area contributed by atoms with Crippen molar-refractivity contribution < 1.29 is 19.0 Å². The smallest absolute Gasteiger partial charge is 0.271 e. The van der Waals surface area contributed by atoms with E-state index < -0.39 is 0 Å². The van der Waals surface area contributed by atoms with Crippen LogP contribution in [0.5, 0.6) is 17.2 Å². The molecule has 7 nitrogen and oxygen atoms in total. The summed E-state index contributed by atoms with van der Waals surface area (Å²) in [5.41, 5.74) is 6.66. The van der Waals surface area contributed by atoms with Gasteiger partial charge in [0.05, 0.1) is 26.3 Å². The second kappa shape index (κ2) is 8.51. The predicted molar refractivity (Wildman–Crippen MR) is 92.1 cm³/mol. The lowest BCUT2D eigenvalue weighted by Gasteiger charge is -2.15. The molecule has 0 fully saturated rings. The van der Waals surface area contributed by atoms with Crippen LogP contribution in [0, 0.1) is 0 Å². The number of methoxy groups -OCH3 is 3. The van der Waals surface area contributed by atoms with Gasteiger partial charge in [-0.05, 0) is 18.7 Å². The number of carbonyl (C=O) groups excluding carboxylic acids is 1. The van der Waals surface area contributed by atoms with Gasteiger partial charge in [0.2, 0.25) is 5.75 Å². The molecule has 0 saturated carbocycles. The number of nitrogens with zero attached hydrogens (tertiary/aromatic N) is 1. The van der Waals surface area contributed by atoms with Gasteiger partial charge < -0.3 is 25.3 Å². The molecule has 0 radical (unpaired) electrons. The summed E-state index contributed by atoms with van der Waals surface area (Å²) in [7, 11) is 4.64. The highest BCUT2D eigenvalue weighted by Crippen LogP contribution is 2.39. The van der Waals surface area contributed by atoms with Gasteiger partial charge in [0.15, 0.2) is 11.5 Å². The third-order valence-corrected chi connectivity index (χ3v) is 4.28. The first kappa shape index (κ1) is 18.0. The molecule has 1 heterocycles. The molecule has 0 unspecified atom stereocenters. The quantitative estimate of drug-likeness (QED) is 0.750. The van der Waals surface area contributed by atoms with Crippen LogP contribution in [0.25, 0.3) is 0 Å². The van der Waals surface area contributed by atoms with Crippen LogP contribution in [0.1, 0.15) is 21.1 Å². The minimum absolute atomic E-state index is 0.244. The lowest BCUT2D eigenvalue weighted by Crippen LogP contribution is -2.23. The molecule has 1 aromatic carbocycles. The summed E-state index contributed by atoms with van der Waals surface area (Å²) in [4.78, 5) is 16.5. The summed E-state index contributed by atoms with van der Waals surface area (Å²) in [5.74, 6) is 1.34. The van der Waals surface area contributed by atoms with E-state index in [0.717, 1.165) is 10.6 Å². The Morgan fingerprint density at radius 2 is 1.96 bits per heavy atom. The number of nitrogens with two attached hydrogens (primary N) is 1. The molecule has 8 heteroatoms. The minimum Gasteiger partial charge on any atom is -0.493 e. The Kier molecular flexibility index (Phi) is 6.39. The van der Waals surface area contributed by atoms with Gasteiger partial charge in [-0.2, -0.15) is 0 Å². The Hall–Kier alpha value is -2.32. The summed E-state index contributed by atoms with van der Waals surface area (Å²) in [6, 6.07) is 3.59. The van der Waals surface area contributed by atoms with Crippen LogP contribution < -0.4 is 25.3 Å². The summed E-state index contributed by atoms with van der Waals surface area (Å²) < 4.78 is 16.0. The van der Waals surface area contributed by atoms with Crippen LogP contribution in [0.3, 0.4) is 0 Å². The summed E-state index contributed by atoms with van der Waals surface area (Å²) in [6.45, 7) is 0.795. The van der Waals surface area contributed by atoms with Crippen molar-refractivity contribution in [3.8, 4) is 17.2 Å². The van der Waals surface area contributed by atoms with Crippen molar-refractivity contribution in [2.24, 2.45) is 5.73 Å². The van der Waals surface area contributed by atoms with E-state index in [9.17, 15) is 4.79 Å². The maximum atomic E-state index is 12.2. The highest BCUT2D eigenvalue weighted by Gasteiger charge is 2.17. The van der Waals surface area contributed by atoms with Crippen molar-refractivity contribution >= 4 is 17.2 Å². The van der Waals surface area contributed by atoms with E-state index in [1.807, 2.05) is 6.07 Å². The highest BCUT2D eigenvalue weighted by molar-refractivity contribution is 7.09. The number of ether oxygens (including phenoxy) is 3. The Labute approximate surface area is 144 Å². The van der Waals surface area contributed by atoms with Crippen LogP contribution >= 0.6 is 11.3 Å². The van der Waals surface area contributed by atoms with Crippen LogP contribution in [0.2, 0.25) is 0 Å². The number of rotatable bonds is 8. The number of carbonyl (C=O) groups is 1. The summed E-state index contributed by atoms with van der Waals surface area (Å²) >= 11 is 1.43. The third-order valence-electron chi connectivity index (χ3n) is 3.37. The van der Waals surface area contributed by atoms with Crippen molar-refractivity contribution in [2.75, 3.05) is 27.9 Å². The van der Waals surface area contributed by atoms with Crippen molar-refractivity contribution in [1.82, 2.24) is 10.3 Å². The zero-order chi connectivity index (χ0) is 17.5. The highest BCUT2D eigenvalue weighted by atomic mass is 32.1. The molecule has 0 aliphatic rings. The Morgan fingerprint density at radius 1 is 1.21 bits per heavy atom. The second-order valence-corrected chi connectivity index (χ2v) is 5.78. The average Bonchev–Trinajstić information content (AvgIpc) is 3.07. The second-order valence-electron chi connectivity index (χ2n) is 4.84. The summed E-state index contributed by atoms with van der Waals surface area (Å²) in [5, 5.41) is 5.41. The lowest BCUT2D eigenvalue weighted by atomic mass is 10.1. The van der Waals surface area contributed by atoms with Crippen molar-refractivity contribution in [3.05, 3.63) is 33.8 Å². The van der Waals surface area contributed by atoms with Gasteiger partial charge in [0.25, 0.3) is 5.91 Å². The number of hydrogen-bond donors (Lipinski definition) is 2. The Balaban J connectivity index is 2.11. The van der Waals surface area contributed by atoms with Crippen LogP contribution in [0.15, 0.2) is 17.5 Å². The fourth-order valence-corrected chi connectivity index (χ4v) is 3.02. The molecule has 1 amide bonds. The number of benzene rings is 1. The van der Waals surface area contributed by atoms with Crippen LogP contribution in [-0.4, -0.2) is 38.8 Å². The average molecular weight is 351 g/mol. The number of thiazole rings is 1. The minimum atomic E-state index is -0.244. The van der Waals surface area contributed by atoms with Crippen LogP contribution in [0.4, 0.5) is 0 Å². The number of nitrogens with one attached hydrogen (secondary N) is 1. The molecular formula is C16H21N3O4S. The molecule has 2 rings (SSSR count). The molecule has 2 aromatic rings. The van der Waals surface area contributed by atoms with Gasteiger partial charge in [-0.25, -0.2) is 4.98 Å². The largest absolute Gasteiger partial charge is 0.493 e. The van der Waals surface area contributed by atoms with Crippen molar-refractivity contribution in [1.29, 1.82) is 0 Å². The van der Waals surface area contributed by atoms with E-state index in [4.69, 9.17) is 19.9 Å². The third kappa shape index (κ3) is 3.95. The Morgan fingerprint density at radius 3 is 2.58 bits per heavy atom. The maximum absolute atomic E-state index is 12.2. The molecule has 0 saturated heterocycles. The van der Waals surface area contributed by atoms with E-state index >= 15 is 0 Å². The molecule has 24 heavy (non-hydrogen) atoms. The van der Waals surface area contributed by atoms with Gasteiger partial charge >= 0.3 is 0 Å². The Bertz CT molecular complexity index is 703. The molecule has 0 atom stereocenters. The summed E-state index contributed by atoms with van der Waals surface area (Å²) in [6.07, 6.45) is 0.668. The van der Waals surface area contributed by atoms with Crippen molar-refractivity contribution in [3.63, 3.8) is 0 Å². The molecule has 3 N–H and O–H groups in total. The predicted octanol–water partition coefficient (Wildman–Crippen LogP) is 1.60. The van der Waals surface area contributed by atoms with Crippen molar-refractivity contribution in [2.45, 2.75) is 13.0 Å². The standard InChI is InChI=1S/C16H21N3O4S/c1-21-12-5-4-10(14(22-2)15(12)23-3)8-18-16(20)11-9-24-13(19-11)6-7-17/h4-5,9H,6-8,17H2,1-3H3,(H,18,20). The van der Waals surface area contributed by atoms with E-state index in [1.54, 1.807) is 25.7 Å². The first-order chi connectivity index (χ1) is 11.6. The lowest BCUT2D eigenvalue weighted by molar-refractivity contribution is 0.0946. The molecule has 130 valence electrons. The first-order valence-corrected chi connectivity index (χ1v) is 8.23. The van der Waals surface area contributed by atoms with Gasteiger partial charge in [-0.15, -0.1) is 11.3 Å². The topological polar surface area (TPSA) is 95.7 Å². The molecule has 0 bridgehead atoms. The number of amides is 1. The molecule has 1 aromatic heterocycles. The van der Waals surface area contributed by atoms with Gasteiger partial charge in [0, 0.05) is 23.9 Å². The fourth-order valence-electron chi connectivity index (χ4n) is 2.22. The van der Waals surface area contributed by atoms with Gasteiger partial charge in [-0.1, -0.05) is 0 Å². The molecule has 0 aliphatic carbocycles. The monoisotopic (exact) mass is 351 g/mol. The zero-order valence-corrected chi connectivity index (χ0v) is 14.7. The van der Waals surface area contributed by atoms with E-state index in [1.165, 1.54) is 18.4 Å². The van der Waals surface area contributed by atoms with Crippen LogP contribution in [-0.2, 0) is 13.0 Å². The van der Waals surface area contributed by atoms with Gasteiger partial charge in [0.1, 0.15) is 5.69 Å². The van der Waals surface area contributed by atoms with E-state index in [2.05, 4.69) is 10.3 Å². The number of aromatic nitrogens is 1. The molecule has 0 aliphatic heterocycles. The van der Waals surface area contributed by atoms with E-state index in [0.29, 0.717) is 35.9 Å². The fraction of sp³-hybridized carbons (Fsp3) is 0.375. The first-order valence-electron chi connectivity index (χ1n) is 7.35. The zero-order valence-electron chi connectivity index (χ0n) is 13.9. The molecule has 0 spiro atoms. The van der Waals surface area contributed by atoms with E-state index in [-0.39, 0.29) is 12.5 Å². The number of hydrogen-bond acceptors (Lipinski definition) is 7.